The second-order valence-corrected chi connectivity index (χ2v) is 25.1. The number of anilines is 2. The molecule has 2 saturated heterocycles. The van der Waals surface area contributed by atoms with E-state index in [1.165, 1.54) is 33.1 Å². The van der Waals surface area contributed by atoms with Gasteiger partial charge in [-0.25, -0.2) is 14.4 Å². The number of rotatable bonds is 25. The number of alkyl halides is 5. The van der Waals surface area contributed by atoms with Gasteiger partial charge in [-0.3, -0.25) is 34.1 Å². The van der Waals surface area contributed by atoms with Crippen LogP contribution in [0.15, 0.2) is 54.1 Å². The number of nitrogens with two attached hydrogens (primary N) is 1. The van der Waals surface area contributed by atoms with Gasteiger partial charge in [0.2, 0.25) is 29.5 Å². The lowest BCUT2D eigenvalue weighted by Gasteiger charge is -2.42. The number of ether oxygens (including phenoxy) is 5. The number of halogens is 6. The van der Waals surface area contributed by atoms with E-state index in [2.05, 4.69) is 63.8 Å². The molecule has 10 atom stereocenters. The Morgan fingerprint density at radius 3 is 2.27 bits per heavy atom. The van der Waals surface area contributed by atoms with Crippen molar-refractivity contribution in [3.63, 3.8) is 0 Å². The fourth-order valence-electron chi connectivity index (χ4n) is 10.6. The lowest BCUT2D eigenvalue weighted by molar-refractivity contribution is -0.158. The van der Waals surface area contributed by atoms with Gasteiger partial charge in [-0.1, -0.05) is 94.5 Å². The summed E-state index contributed by atoms with van der Waals surface area (Å²) in [6.07, 6.45) is -4.65. The standard InChI is InChI=1S/C61H83Br2ClF3N9O15/c1-32(2)50(73-47(77)19-12-11-13-22-69-52(79)37(30-62)31-63)54(81)72-41(17-15-23-70-57(68)84)53(80)71-38-20-21-39(40(27-38)61(65,66)67)55(82)75(7)35(5)56(83)90-46-28-48(78)76(8)42-25-36(26-43(87-9)49(42)64)24-33(3)16-14-18-45(88-10)60(86)29-44(89-58(85)74-60)34(4)51-59(46,6)91-51/h14,16,18,20-21,25-27,32,34-35,37,41,44-46,50-51,86H,11-13,15,17,19,22-24,28-31H2,1-10H3,(H,69,79)(H,71,80)(H,72,81)(H,73,77)(H,74,85)(H3,68,70,84)/b18-14+,33-16+/t34-,35+,41+,44+,45-,46+,50+,51+,59+,60+/m1/s1. The van der Waals surface area contributed by atoms with Crippen LogP contribution in [0, 0.1) is 17.8 Å². The molecular formula is C61H83Br2ClF3N9O15. The molecular weight excluding hydrogens is 1350 g/mol. The number of hydrogen-bond donors (Lipinski definition) is 8. The summed E-state index contributed by atoms with van der Waals surface area (Å²) in [7, 11) is 5.27. The Morgan fingerprint density at radius 2 is 1.65 bits per heavy atom. The fourth-order valence-corrected chi connectivity index (χ4v) is 12.6. The number of epoxide rings is 1. The zero-order chi connectivity index (χ0) is 67.9. The molecule has 30 heteroatoms. The van der Waals surface area contributed by atoms with Crippen LogP contribution < -0.4 is 47.3 Å². The number of carbonyl (C=O) groups is 9. The van der Waals surface area contributed by atoms with Gasteiger partial charge < -0.3 is 70.9 Å². The van der Waals surface area contributed by atoms with Crippen LogP contribution in [0.4, 0.5) is 34.1 Å². The van der Waals surface area contributed by atoms with Gasteiger partial charge >= 0.3 is 24.3 Å². The first-order valence-corrected chi connectivity index (χ1v) is 32.3. The number of amides is 9. The summed E-state index contributed by atoms with van der Waals surface area (Å²) >= 11 is 13.4. The highest BCUT2D eigenvalue weighted by atomic mass is 79.9. The average molecular weight is 1430 g/mol. The molecule has 3 aliphatic rings. The van der Waals surface area contributed by atoms with Gasteiger partial charge in [-0.15, -0.1) is 0 Å². The maximum Gasteiger partial charge on any atom is 0.417 e. The largest absolute Gasteiger partial charge is 0.495 e. The summed E-state index contributed by atoms with van der Waals surface area (Å²) < 4.78 is 74.6. The van der Waals surface area contributed by atoms with Crippen molar-refractivity contribution in [1.29, 1.82) is 0 Å². The maximum atomic E-state index is 15.1. The maximum absolute atomic E-state index is 15.1. The predicted octanol–water partition coefficient (Wildman–Crippen LogP) is 6.94. The van der Waals surface area contributed by atoms with Gasteiger partial charge in [0, 0.05) is 69.4 Å². The number of unbranched alkanes of at least 4 members (excludes halogenated alkanes) is 2. The molecule has 0 unspecified atom stereocenters. The molecule has 504 valence electrons. The minimum atomic E-state index is -5.24. The molecule has 4 bridgehead atoms. The highest BCUT2D eigenvalue weighted by Gasteiger charge is 2.64. The third-order valence-electron chi connectivity index (χ3n) is 16.3. The summed E-state index contributed by atoms with van der Waals surface area (Å²) in [6.45, 7) is 9.92. The quantitative estimate of drug-likeness (QED) is 0.0216. The van der Waals surface area contributed by atoms with Crippen LogP contribution in [0.25, 0.3) is 0 Å². The van der Waals surface area contributed by atoms with Gasteiger partial charge in [0.15, 0.2) is 5.72 Å². The SMILES string of the molecule is COc1cc2cc(c1Cl)N(C)C(=O)C[C@H](OC(=O)[C@H](C)N(C)C(=O)c1ccc(NC(=O)[C@H](CCCNC(N)=O)NC(=O)[C@@H](NC(=O)CCCCCNC(=O)C(CBr)CBr)C(C)C)cc1C(F)(F)F)[C@]1(C)O[C@H]1[C@H](C)[C@@H]1C[C@@](O)(NC(=O)O1)[C@H](OC)/C=C/C=C(\C)C2. The Labute approximate surface area is 548 Å². The Morgan fingerprint density at radius 1 is 0.967 bits per heavy atom. The molecule has 3 heterocycles. The number of benzene rings is 2. The highest BCUT2D eigenvalue weighted by Crippen LogP contribution is 2.49. The van der Waals surface area contributed by atoms with E-state index in [4.69, 9.17) is 41.0 Å². The normalized spacial score (nSPS) is 23.7. The number of esters is 1. The number of nitrogens with zero attached hydrogens (tertiary/aromatic N) is 2. The number of likely N-dealkylation sites (N-methyl/N-ethyl adjacent to an activating group) is 1. The Kier molecular flexibility index (Phi) is 27.6. The van der Waals surface area contributed by atoms with Crippen molar-refractivity contribution < 1.29 is 85.1 Å². The van der Waals surface area contributed by atoms with Gasteiger partial charge in [0.1, 0.15) is 52.8 Å². The minimum Gasteiger partial charge on any atom is -0.495 e. The fraction of sp³-hybridized carbons (Fsp3) is 0.590. The summed E-state index contributed by atoms with van der Waals surface area (Å²) in [5, 5.41) is 28.3. The monoisotopic (exact) mass is 1430 g/mol. The highest BCUT2D eigenvalue weighted by molar-refractivity contribution is 9.09. The van der Waals surface area contributed by atoms with E-state index in [9.17, 15) is 48.3 Å². The van der Waals surface area contributed by atoms with E-state index >= 15 is 13.2 Å². The number of fused-ring (bicyclic) bond motifs is 5. The Bertz CT molecular complexity index is 3050. The van der Waals surface area contributed by atoms with Crippen molar-refractivity contribution in [2.24, 2.45) is 23.5 Å². The molecule has 24 nitrogen and oxygen atoms in total. The van der Waals surface area contributed by atoms with Crippen LogP contribution in [0.5, 0.6) is 5.75 Å². The number of methoxy groups -OCH3 is 2. The Hall–Kier alpha value is -6.53. The van der Waals surface area contributed by atoms with Crippen LogP contribution in [0.2, 0.25) is 5.02 Å². The number of alkyl carbamates (subject to hydrolysis) is 1. The summed E-state index contributed by atoms with van der Waals surface area (Å²) in [5.41, 5.74) is 0.504. The van der Waals surface area contributed by atoms with Crippen LogP contribution in [-0.2, 0) is 60.3 Å². The van der Waals surface area contributed by atoms with Crippen molar-refractivity contribution in [3.05, 3.63) is 75.8 Å². The van der Waals surface area contributed by atoms with E-state index in [0.29, 0.717) is 59.4 Å². The van der Waals surface area contributed by atoms with Crippen molar-refractivity contribution in [2.75, 3.05) is 62.3 Å². The smallest absolute Gasteiger partial charge is 0.417 e. The van der Waals surface area contributed by atoms with Crippen molar-refractivity contribution in [2.45, 2.75) is 159 Å². The van der Waals surface area contributed by atoms with E-state index in [0.717, 1.165) is 24.8 Å². The molecule has 2 fully saturated rings. The molecule has 2 aromatic rings. The average Bonchev–Trinajstić information content (AvgIpc) is 1.59. The van der Waals surface area contributed by atoms with Crippen molar-refractivity contribution in [1.82, 2.24) is 31.5 Å². The van der Waals surface area contributed by atoms with Gasteiger partial charge in [0.05, 0.1) is 42.4 Å². The number of urea groups is 1. The van der Waals surface area contributed by atoms with E-state index in [-0.39, 0.29) is 60.5 Å². The lowest BCUT2D eigenvalue weighted by Crippen LogP contribution is -2.63. The second kappa shape index (κ2) is 33.4. The number of carbonyl (C=O) groups excluding carboxylic acids is 9. The van der Waals surface area contributed by atoms with Crippen LogP contribution in [0.1, 0.15) is 114 Å². The topological polar surface area (TPSA) is 328 Å². The molecule has 0 spiro atoms. The number of primary amides is 1. The third-order valence-corrected chi connectivity index (χ3v) is 18.2. The third kappa shape index (κ3) is 20.2. The predicted molar refractivity (Wildman–Crippen MR) is 338 cm³/mol. The molecule has 0 aliphatic carbocycles. The first-order chi connectivity index (χ1) is 42.7. The van der Waals surface area contributed by atoms with Crippen LogP contribution in [0.3, 0.4) is 0 Å². The molecule has 9 N–H and O–H groups in total. The van der Waals surface area contributed by atoms with E-state index < -0.39 is 143 Å². The number of hydrogen-bond acceptors (Lipinski definition) is 15. The molecule has 0 aromatic heterocycles. The van der Waals surface area contributed by atoms with Crippen LogP contribution in [-0.4, -0.2) is 169 Å². The zero-order valence-corrected chi connectivity index (χ0v) is 56.4. The number of aliphatic hydroxyl groups is 1. The summed E-state index contributed by atoms with van der Waals surface area (Å²) in [5.74, 6) is -6.74. The molecule has 5 rings (SSSR count). The van der Waals surface area contributed by atoms with E-state index in [1.807, 2.05) is 6.92 Å². The van der Waals surface area contributed by atoms with E-state index in [1.54, 1.807) is 58.1 Å². The van der Waals surface area contributed by atoms with Gasteiger partial charge in [-0.2, -0.15) is 13.2 Å². The number of allylic oxidation sites excluding steroid dienone is 3. The molecule has 91 heavy (non-hydrogen) atoms. The first kappa shape index (κ1) is 75.2. The number of nitrogens with one attached hydrogen (secondary N) is 6. The molecule has 3 aliphatic heterocycles. The Balaban J connectivity index is 1.37. The summed E-state index contributed by atoms with van der Waals surface area (Å²) in [6, 6.07) is 0.565. The van der Waals surface area contributed by atoms with Crippen LogP contribution >= 0.6 is 43.5 Å². The minimum absolute atomic E-state index is 0.0403. The first-order valence-electron chi connectivity index (χ1n) is 29.6. The molecule has 9 amide bonds. The van der Waals surface area contributed by atoms with Crippen molar-refractivity contribution in [3.8, 4) is 5.75 Å². The second-order valence-electron chi connectivity index (χ2n) is 23.5. The van der Waals surface area contributed by atoms with Gasteiger partial charge in [-0.05, 0) is 94.7 Å². The zero-order valence-electron chi connectivity index (χ0n) is 52.5. The molecule has 2 aromatic carbocycles. The van der Waals surface area contributed by atoms with Gasteiger partial charge in [0.25, 0.3) is 5.91 Å². The summed E-state index contributed by atoms with van der Waals surface area (Å²) in [4.78, 5) is 123. The lowest BCUT2D eigenvalue weighted by atomic mass is 9.83. The van der Waals surface area contributed by atoms with Crippen molar-refractivity contribution >= 4 is 108 Å². The molecule has 0 saturated carbocycles. The molecule has 0 radical (unpaired) electrons.